The molecule has 0 aromatic carbocycles. The fraction of sp³-hybridized carbons (Fsp3) is 0.692. The first-order valence-corrected chi connectivity index (χ1v) is 6.82. The molecular formula is C13H20ClN3. The van der Waals surface area contributed by atoms with Crippen LogP contribution in [0.5, 0.6) is 0 Å². The second-order valence-corrected chi connectivity index (χ2v) is 5.31. The Morgan fingerprint density at radius 1 is 1.35 bits per heavy atom. The van der Waals surface area contributed by atoms with Gasteiger partial charge >= 0.3 is 0 Å². The summed E-state index contributed by atoms with van der Waals surface area (Å²) in [5, 5.41) is 4.03. The van der Waals surface area contributed by atoms with Crippen molar-refractivity contribution >= 4 is 17.4 Å². The van der Waals surface area contributed by atoms with E-state index in [0.717, 1.165) is 24.3 Å². The number of aromatic nitrogens is 2. The zero-order chi connectivity index (χ0) is 12.3. The summed E-state index contributed by atoms with van der Waals surface area (Å²) in [5.74, 6) is 0.912. The number of nitrogens with one attached hydrogen (secondary N) is 1. The molecule has 1 saturated carbocycles. The average Bonchev–Trinajstić information content (AvgIpc) is 3.07. The van der Waals surface area contributed by atoms with E-state index in [1.807, 2.05) is 0 Å². The van der Waals surface area contributed by atoms with Crippen molar-refractivity contribution in [3.05, 3.63) is 17.0 Å². The van der Waals surface area contributed by atoms with Crippen LogP contribution in [0.3, 0.4) is 0 Å². The van der Waals surface area contributed by atoms with Gasteiger partial charge in [-0.15, -0.1) is 0 Å². The van der Waals surface area contributed by atoms with Gasteiger partial charge in [-0.3, -0.25) is 0 Å². The van der Waals surface area contributed by atoms with Crippen LogP contribution in [0.4, 0.5) is 5.82 Å². The summed E-state index contributed by atoms with van der Waals surface area (Å²) in [5.41, 5.74) is 1.55. The summed E-state index contributed by atoms with van der Waals surface area (Å²) in [7, 11) is 0. The van der Waals surface area contributed by atoms with E-state index in [4.69, 9.17) is 11.6 Å². The van der Waals surface area contributed by atoms with Crippen molar-refractivity contribution in [3.63, 3.8) is 0 Å². The maximum atomic E-state index is 6.07. The topological polar surface area (TPSA) is 37.8 Å². The molecule has 0 atom stereocenters. The van der Waals surface area contributed by atoms with Crippen LogP contribution < -0.4 is 5.32 Å². The Labute approximate surface area is 108 Å². The van der Waals surface area contributed by atoms with Crippen LogP contribution in [0.25, 0.3) is 0 Å². The van der Waals surface area contributed by atoms with E-state index in [1.165, 1.54) is 32.0 Å². The number of halogens is 1. The molecule has 0 radical (unpaired) electrons. The Bertz CT molecular complexity index is 388. The highest BCUT2D eigenvalue weighted by Gasteiger charge is 2.41. The molecule has 4 heteroatoms. The molecule has 2 rings (SSSR count). The molecule has 0 aliphatic heterocycles. The normalized spacial score (nSPS) is 16.9. The van der Waals surface area contributed by atoms with Gasteiger partial charge < -0.3 is 5.32 Å². The van der Waals surface area contributed by atoms with Crippen molar-refractivity contribution < 1.29 is 0 Å². The maximum absolute atomic E-state index is 6.07. The summed E-state index contributed by atoms with van der Waals surface area (Å²) in [6.45, 7) is 5.34. The first-order chi connectivity index (χ1) is 8.21. The first kappa shape index (κ1) is 12.6. The van der Waals surface area contributed by atoms with E-state index in [0.29, 0.717) is 10.6 Å². The number of hydrogen-bond acceptors (Lipinski definition) is 3. The summed E-state index contributed by atoms with van der Waals surface area (Å²) >= 11 is 6.07. The smallest absolute Gasteiger partial charge is 0.137 e. The summed E-state index contributed by atoms with van der Waals surface area (Å²) in [6.07, 6.45) is 7.64. The largest absolute Gasteiger partial charge is 0.369 e. The lowest BCUT2D eigenvalue weighted by atomic mass is 10.0. The zero-order valence-electron chi connectivity index (χ0n) is 10.6. The predicted octanol–water partition coefficient (Wildman–Crippen LogP) is 3.68. The van der Waals surface area contributed by atoms with Crippen molar-refractivity contribution in [3.8, 4) is 0 Å². The molecular weight excluding hydrogens is 234 g/mol. The van der Waals surface area contributed by atoms with E-state index < -0.39 is 0 Å². The Morgan fingerprint density at radius 2 is 2.12 bits per heavy atom. The minimum Gasteiger partial charge on any atom is -0.369 e. The second kappa shape index (κ2) is 5.21. The fourth-order valence-corrected chi connectivity index (χ4v) is 2.62. The number of rotatable bonds is 6. The highest BCUT2D eigenvalue weighted by atomic mass is 35.5. The highest BCUT2D eigenvalue weighted by Crippen LogP contribution is 2.49. The summed E-state index contributed by atoms with van der Waals surface area (Å²) < 4.78 is 0. The monoisotopic (exact) mass is 253 g/mol. The van der Waals surface area contributed by atoms with Crippen LogP contribution in [0, 0.1) is 5.41 Å². The van der Waals surface area contributed by atoms with Gasteiger partial charge in [-0.2, -0.15) is 0 Å². The van der Waals surface area contributed by atoms with E-state index in [9.17, 15) is 0 Å². The maximum Gasteiger partial charge on any atom is 0.137 e. The zero-order valence-corrected chi connectivity index (χ0v) is 11.3. The average molecular weight is 254 g/mol. The lowest BCUT2D eigenvalue weighted by molar-refractivity contribution is 0.485. The molecule has 1 aromatic rings. The van der Waals surface area contributed by atoms with Gasteiger partial charge in [0.25, 0.3) is 0 Å². The lowest BCUT2D eigenvalue weighted by Gasteiger charge is -2.17. The molecule has 1 aliphatic rings. The second-order valence-electron chi connectivity index (χ2n) is 4.95. The molecule has 0 saturated heterocycles. The van der Waals surface area contributed by atoms with E-state index >= 15 is 0 Å². The Kier molecular flexibility index (Phi) is 3.87. The Balaban J connectivity index is 2.02. The van der Waals surface area contributed by atoms with Gasteiger partial charge in [0.2, 0.25) is 0 Å². The van der Waals surface area contributed by atoms with Gasteiger partial charge in [0.1, 0.15) is 17.3 Å². The lowest BCUT2D eigenvalue weighted by Crippen LogP contribution is -2.17. The van der Waals surface area contributed by atoms with Crippen LogP contribution in [-0.4, -0.2) is 16.5 Å². The first-order valence-electron chi connectivity index (χ1n) is 6.44. The molecule has 1 fully saturated rings. The van der Waals surface area contributed by atoms with Crippen LogP contribution in [0.1, 0.15) is 45.1 Å². The Morgan fingerprint density at radius 3 is 2.71 bits per heavy atom. The summed E-state index contributed by atoms with van der Waals surface area (Å²) in [6, 6.07) is 0. The van der Waals surface area contributed by atoms with Gasteiger partial charge in [-0.25, -0.2) is 9.97 Å². The van der Waals surface area contributed by atoms with Gasteiger partial charge in [0.15, 0.2) is 0 Å². The number of anilines is 1. The molecule has 0 unspecified atom stereocenters. The van der Waals surface area contributed by atoms with Gasteiger partial charge in [-0.1, -0.05) is 31.9 Å². The van der Waals surface area contributed by atoms with Crippen molar-refractivity contribution in [2.24, 2.45) is 5.41 Å². The quantitative estimate of drug-likeness (QED) is 0.786. The van der Waals surface area contributed by atoms with Crippen LogP contribution in [0.15, 0.2) is 6.33 Å². The molecule has 0 spiro atoms. The molecule has 1 aromatic heterocycles. The van der Waals surface area contributed by atoms with Gasteiger partial charge in [0.05, 0.1) is 0 Å². The van der Waals surface area contributed by atoms with Crippen LogP contribution in [-0.2, 0) is 6.42 Å². The Hall–Kier alpha value is -0.830. The molecule has 0 bridgehead atoms. The number of nitrogens with zero attached hydrogens (tertiary/aromatic N) is 2. The third-order valence-corrected chi connectivity index (χ3v) is 3.94. The molecule has 0 amide bonds. The number of hydrogen-bond donors (Lipinski definition) is 1. The minimum atomic E-state index is 0.525. The molecule has 94 valence electrons. The standard InChI is InChI=1S/C13H20ClN3/c1-3-5-13(6-7-13)8-15-12-10(4-2)11(14)16-9-17-12/h9H,3-8H2,1-2H3,(H,15,16,17). The predicted molar refractivity (Wildman–Crippen MR) is 71.5 cm³/mol. The van der Waals surface area contributed by atoms with Gasteiger partial charge in [-0.05, 0) is 31.1 Å². The van der Waals surface area contributed by atoms with Crippen molar-refractivity contribution in [1.29, 1.82) is 0 Å². The molecule has 1 aliphatic carbocycles. The SMILES string of the molecule is CCCC1(CNc2ncnc(Cl)c2CC)CC1. The molecule has 17 heavy (non-hydrogen) atoms. The van der Waals surface area contributed by atoms with Crippen molar-refractivity contribution in [2.75, 3.05) is 11.9 Å². The van der Waals surface area contributed by atoms with Crippen LogP contribution in [0.2, 0.25) is 5.15 Å². The third kappa shape index (κ3) is 2.89. The van der Waals surface area contributed by atoms with E-state index in [-0.39, 0.29) is 0 Å². The van der Waals surface area contributed by atoms with Gasteiger partial charge in [0, 0.05) is 12.1 Å². The van der Waals surface area contributed by atoms with E-state index in [2.05, 4.69) is 29.1 Å². The third-order valence-electron chi connectivity index (χ3n) is 3.61. The van der Waals surface area contributed by atoms with Crippen LogP contribution >= 0.6 is 11.6 Å². The summed E-state index contributed by atoms with van der Waals surface area (Å²) in [4.78, 5) is 8.32. The van der Waals surface area contributed by atoms with Crippen molar-refractivity contribution in [2.45, 2.75) is 46.0 Å². The van der Waals surface area contributed by atoms with E-state index in [1.54, 1.807) is 0 Å². The molecule has 1 heterocycles. The molecule has 1 N–H and O–H groups in total. The highest BCUT2D eigenvalue weighted by molar-refractivity contribution is 6.30. The minimum absolute atomic E-state index is 0.525. The fourth-order valence-electron chi connectivity index (χ4n) is 2.35. The molecule has 3 nitrogen and oxygen atoms in total. The van der Waals surface area contributed by atoms with Crippen molar-refractivity contribution in [1.82, 2.24) is 9.97 Å².